The monoisotopic (exact) mass is 398 g/mol. The summed E-state index contributed by atoms with van der Waals surface area (Å²) in [6.45, 7) is 3.81. The largest absolute Gasteiger partial charge is 0.465 e. The first-order valence-corrected chi connectivity index (χ1v) is 9.87. The second kappa shape index (κ2) is 8.58. The summed E-state index contributed by atoms with van der Waals surface area (Å²) in [6.07, 6.45) is -0.690. The molecule has 2 aromatic carbocycles. The number of aliphatic hydroxyl groups excluding tert-OH is 1. The zero-order valence-corrected chi connectivity index (χ0v) is 16.8. The Morgan fingerprint density at radius 3 is 2.61 bits per heavy atom. The number of carbonyl (C=O) groups is 1. The van der Waals surface area contributed by atoms with Gasteiger partial charge < -0.3 is 9.84 Å². The summed E-state index contributed by atoms with van der Waals surface area (Å²) < 4.78 is 6.24. The molecule has 0 amide bonds. The summed E-state index contributed by atoms with van der Waals surface area (Å²) in [5, 5.41) is 10.7. The number of carbonyl (C=O) groups excluding carboxylic acids is 1. The Kier molecular flexibility index (Phi) is 6.16. The number of aryl methyl sites for hydroxylation is 1. The van der Waals surface area contributed by atoms with Crippen LogP contribution in [-0.2, 0) is 17.0 Å². The van der Waals surface area contributed by atoms with Crippen LogP contribution in [0.25, 0.3) is 10.9 Å². The second-order valence-electron chi connectivity index (χ2n) is 6.66. The molecule has 28 heavy (non-hydrogen) atoms. The first-order chi connectivity index (χ1) is 13.4. The molecule has 0 aliphatic carbocycles. The van der Waals surface area contributed by atoms with E-state index >= 15 is 0 Å². The lowest BCUT2D eigenvalue weighted by atomic mass is 10.1. The molecule has 0 aliphatic heterocycles. The summed E-state index contributed by atoms with van der Waals surface area (Å²) >= 11 is 1.42. The lowest BCUT2D eigenvalue weighted by Crippen LogP contribution is -2.28. The molecule has 3 rings (SSSR count). The Labute approximate surface area is 167 Å². The van der Waals surface area contributed by atoms with Gasteiger partial charge in [-0.3, -0.25) is 9.36 Å². The van der Waals surface area contributed by atoms with Crippen molar-refractivity contribution in [3.63, 3.8) is 0 Å². The van der Waals surface area contributed by atoms with Gasteiger partial charge >= 0.3 is 5.97 Å². The van der Waals surface area contributed by atoms with Gasteiger partial charge in [0.1, 0.15) is 0 Å². The summed E-state index contributed by atoms with van der Waals surface area (Å²) in [6, 6.07) is 12.8. The predicted octanol–water partition coefficient (Wildman–Crippen LogP) is 3.16. The molecule has 0 aliphatic rings. The molecule has 146 valence electrons. The van der Waals surface area contributed by atoms with E-state index in [0.29, 0.717) is 27.4 Å². The highest BCUT2D eigenvalue weighted by molar-refractivity contribution is 7.98. The third kappa shape index (κ3) is 4.43. The average molecular weight is 398 g/mol. The quantitative estimate of drug-likeness (QED) is 0.390. The van der Waals surface area contributed by atoms with Crippen molar-refractivity contribution in [3.05, 3.63) is 69.5 Å². The first kappa shape index (κ1) is 20.1. The van der Waals surface area contributed by atoms with Gasteiger partial charge in [0.25, 0.3) is 5.56 Å². The lowest BCUT2D eigenvalue weighted by molar-refractivity contribution is 0.0601. The van der Waals surface area contributed by atoms with Crippen molar-refractivity contribution in [1.82, 2.24) is 9.55 Å². The number of rotatable bonds is 6. The fourth-order valence-corrected chi connectivity index (χ4v) is 3.78. The van der Waals surface area contributed by atoms with E-state index in [9.17, 15) is 14.7 Å². The molecule has 1 aromatic heterocycles. The highest BCUT2D eigenvalue weighted by Gasteiger charge is 2.15. The molecule has 0 unspecified atom stereocenters. The maximum atomic E-state index is 13.0. The topological polar surface area (TPSA) is 81.4 Å². The summed E-state index contributed by atoms with van der Waals surface area (Å²) in [5.74, 6) is 0.153. The number of hydrogen-bond donors (Lipinski definition) is 1. The molecule has 7 heteroatoms. The minimum absolute atomic E-state index is 0.150. The van der Waals surface area contributed by atoms with E-state index in [1.165, 1.54) is 29.0 Å². The van der Waals surface area contributed by atoms with Crippen molar-refractivity contribution in [3.8, 4) is 0 Å². The van der Waals surface area contributed by atoms with Crippen molar-refractivity contribution in [1.29, 1.82) is 0 Å². The molecule has 0 radical (unpaired) electrons. The van der Waals surface area contributed by atoms with Crippen LogP contribution in [0.3, 0.4) is 0 Å². The van der Waals surface area contributed by atoms with E-state index in [1.54, 1.807) is 25.1 Å². The van der Waals surface area contributed by atoms with Gasteiger partial charge in [-0.05, 0) is 37.6 Å². The number of aromatic nitrogens is 2. The molecule has 1 atom stereocenters. The Morgan fingerprint density at radius 2 is 1.96 bits per heavy atom. The van der Waals surface area contributed by atoms with Gasteiger partial charge in [-0.25, -0.2) is 9.78 Å². The average Bonchev–Trinajstić information content (AvgIpc) is 2.68. The Bertz CT molecular complexity index is 1060. The number of thioether (sulfide) groups is 1. The number of aliphatic hydroxyl groups is 1. The third-order valence-electron chi connectivity index (χ3n) is 4.28. The van der Waals surface area contributed by atoms with Crippen molar-refractivity contribution in [2.45, 2.75) is 37.4 Å². The number of nitrogens with zero attached hydrogens (tertiary/aromatic N) is 2. The van der Waals surface area contributed by atoms with Crippen LogP contribution in [0.2, 0.25) is 0 Å². The second-order valence-corrected chi connectivity index (χ2v) is 7.60. The van der Waals surface area contributed by atoms with Gasteiger partial charge in [0.05, 0.1) is 36.2 Å². The number of esters is 1. The van der Waals surface area contributed by atoms with Gasteiger partial charge in [-0.15, -0.1) is 0 Å². The molecule has 0 bridgehead atoms. The number of fused-ring (bicyclic) bond motifs is 1. The smallest absolute Gasteiger partial charge is 0.337 e. The highest BCUT2D eigenvalue weighted by Crippen LogP contribution is 2.23. The maximum Gasteiger partial charge on any atom is 0.337 e. The van der Waals surface area contributed by atoms with Crippen LogP contribution in [0.4, 0.5) is 0 Å². The number of ether oxygens (including phenoxy) is 1. The molecule has 1 heterocycles. The van der Waals surface area contributed by atoms with Crippen LogP contribution in [-0.4, -0.2) is 33.8 Å². The SMILES string of the molecule is COC(=O)c1ccc2c(=O)n(C[C@@H](C)O)c(SCc3ccc(C)cc3)nc2c1. The van der Waals surface area contributed by atoms with Crippen molar-refractivity contribution >= 4 is 28.6 Å². The normalized spacial score (nSPS) is 12.1. The van der Waals surface area contributed by atoms with Crippen molar-refractivity contribution < 1.29 is 14.6 Å². The van der Waals surface area contributed by atoms with E-state index in [4.69, 9.17) is 4.74 Å². The fraction of sp³-hybridized carbons (Fsp3) is 0.286. The third-order valence-corrected chi connectivity index (χ3v) is 5.32. The zero-order valence-electron chi connectivity index (χ0n) is 16.0. The van der Waals surface area contributed by atoms with Crippen molar-refractivity contribution in [2.24, 2.45) is 0 Å². The lowest BCUT2D eigenvalue weighted by Gasteiger charge is -2.15. The molecular formula is C21H22N2O4S. The Morgan fingerprint density at radius 1 is 1.25 bits per heavy atom. The number of benzene rings is 2. The Balaban J connectivity index is 2.04. The Hall–Kier alpha value is -2.64. The van der Waals surface area contributed by atoms with E-state index in [0.717, 1.165) is 5.56 Å². The molecule has 3 aromatic rings. The van der Waals surface area contributed by atoms with Crippen LogP contribution in [0.5, 0.6) is 0 Å². The standard InChI is InChI=1S/C21H22N2O4S/c1-13-4-6-15(7-5-13)12-28-21-22-18-10-16(20(26)27-3)8-9-17(18)19(25)23(21)11-14(2)24/h4-10,14,24H,11-12H2,1-3H3/t14-/m1/s1. The van der Waals surface area contributed by atoms with E-state index in [1.807, 2.05) is 31.2 Å². The minimum atomic E-state index is -0.690. The molecule has 0 saturated heterocycles. The highest BCUT2D eigenvalue weighted by atomic mass is 32.2. The van der Waals surface area contributed by atoms with E-state index in [-0.39, 0.29) is 12.1 Å². The van der Waals surface area contributed by atoms with Gasteiger partial charge in [-0.2, -0.15) is 0 Å². The van der Waals surface area contributed by atoms with Crippen LogP contribution in [0, 0.1) is 6.92 Å². The van der Waals surface area contributed by atoms with Gasteiger partial charge in [-0.1, -0.05) is 41.6 Å². The predicted molar refractivity (Wildman–Crippen MR) is 110 cm³/mol. The molecule has 0 spiro atoms. The first-order valence-electron chi connectivity index (χ1n) is 8.88. The maximum absolute atomic E-state index is 13.0. The molecule has 1 N–H and O–H groups in total. The number of hydrogen-bond acceptors (Lipinski definition) is 6. The van der Waals surface area contributed by atoms with Crippen LogP contribution >= 0.6 is 11.8 Å². The summed E-state index contributed by atoms with van der Waals surface area (Å²) in [4.78, 5) is 29.4. The molecule has 0 saturated carbocycles. The van der Waals surface area contributed by atoms with Gasteiger partial charge in [0.15, 0.2) is 5.16 Å². The summed E-state index contributed by atoms with van der Waals surface area (Å²) in [7, 11) is 1.31. The number of methoxy groups -OCH3 is 1. The van der Waals surface area contributed by atoms with Crippen LogP contribution < -0.4 is 5.56 Å². The van der Waals surface area contributed by atoms with Crippen LogP contribution in [0.15, 0.2) is 52.4 Å². The van der Waals surface area contributed by atoms with Crippen molar-refractivity contribution in [2.75, 3.05) is 7.11 Å². The van der Waals surface area contributed by atoms with Gasteiger partial charge in [0, 0.05) is 5.75 Å². The van der Waals surface area contributed by atoms with Crippen LogP contribution in [0.1, 0.15) is 28.4 Å². The molecule has 6 nitrogen and oxygen atoms in total. The van der Waals surface area contributed by atoms with E-state index in [2.05, 4.69) is 4.98 Å². The summed E-state index contributed by atoms with van der Waals surface area (Å²) in [5.41, 5.74) is 2.82. The molecular weight excluding hydrogens is 376 g/mol. The molecule has 0 fully saturated rings. The zero-order chi connectivity index (χ0) is 20.3. The van der Waals surface area contributed by atoms with Gasteiger partial charge in [0.2, 0.25) is 0 Å². The minimum Gasteiger partial charge on any atom is -0.465 e. The fourth-order valence-electron chi connectivity index (χ4n) is 2.81. The van der Waals surface area contributed by atoms with E-state index < -0.39 is 12.1 Å².